The number of benzene rings is 3. The summed E-state index contributed by atoms with van der Waals surface area (Å²) in [5, 5.41) is 0. The Balaban J connectivity index is 1.73. The molecule has 8 heteroatoms. The van der Waals surface area contributed by atoms with Crippen molar-refractivity contribution in [3.63, 3.8) is 0 Å². The Morgan fingerprint density at radius 3 is 2.20 bits per heavy atom. The SMILES string of the molecule is COc1ccc(Cn2cnc3c2c(=O)n(Cc2ccccc2)c(=O)n3-c2cccc(OC)c2)cc1. The number of hydrogen-bond acceptors (Lipinski definition) is 5. The summed E-state index contributed by atoms with van der Waals surface area (Å²) in [6.07, 6.45) is 1.60. The van der Waals surface area contributed by atoms with Crippen LogP contribution in [0.4, 0.5) is 0 Å². The molecule has 0 N–H and O–H groups in total. The molecule has 5 rings (SSSR count). The van der Waals surface area contributed by atoms with E-state index in [0.29, 0.717) is 29.1 Å². The van der Waals surface area contributed by atoms with Gasteiger partial charge in [0.1, 0.15) is 11.5 Å². The number of imidazole rings is 1. The summed E-state index contributed by atoms with van der Waals surface area (Å²) in [6, 6.07) is 24.2. The van der Waals surface area contributed by atoms with Gasteiger partial charge in [0, 0.05) is 12.6 Å². The van der Waals surface area contributed by atoms with Crippen molar-refractivity contribution in [2.75, 3.05) is 14.2 Å². The molecule has 8 nitrogen and oxygen atoms in total. The highest BCUT2D eigenvalue weighted by Crippen LogP contribution is 2.20. The van der Waals surface area contributed by atoms with E-state index < -0.39 is 5.69 Å². The molecule has 0 fully saturated rings. The lowest BCUT2D eigenvalue weighted by Crippen LogP contribution is -2.40. The molecule has 2 heterocycles. The number of aromatic nitrogens is 4. The highest BCUT2D eigenvalue weighted by molar-refractivity contribution is 5.72. The Morgan fingerprint density at radius 1 is 0.771 bits per heavy atom. The molecule has 176 valence electrons. The molecule has 0 radical (unpaired) electrons. The van der Waals surface area contributed by atoms with Crippen LogP contribution >= 0.6 is 0 Å². The highest BCUT2D eigenvalue weighted by Gasteiger charge is 2.20. The first-order valence-corrected chi connectivity index (χ1v) is 11.1. The number of nitrogens with zero attached hydrogens (tertiary/aromatic N) is 4. The summed E-state index contributed by atoms with van der Waals surface area (Å²) in [4.78, 5) is 31.8. The van der Waals surface area contributed by atoms with E-state index in [1.54, 1.807) is 49.4 Å². The van der Waals surface area contributed by atoms with Crippen molar-refractivity contribution in [2.24, 2.45) is 0 Å². The quantitative estimate of drug-likeness (QED) is 0.366. The summed E-state index contributed by atoms with van der Waals surface area (Å²) in [7, 11) is 3.18. The van der Waals surface area contributed by atoms with Crippen molar-refractivity contribution in [2.45, 2.75) is 13.1 Å². The zero-order chi connectivity index (χ0) is 24.4. The largest absolute Gasteiger partial charge is 0.497 e. The monoisotopic (exact) mass is 468 g/mol. The molecule has 0 bridgehead atoms. The maximum Gasteiger partial charge on any atom is 0.337 e. The van der Waals surface area contributed by atoms with Crippen molar-refractivity contribution in [1.82, 2.24) is 18.7 Å². The molecule has 0 spiro atoms. The summed E-state index contributed by atoms with van der Waals surface area (Å²) in [6.45, 7) is 0.559. The van der Waals surface area contributed by atoms with Crippen LogP contribution in [0, 0.1) is 0 Å². The molecule has 3 aromatic carbocycles. The molecule has 0 saturated carbocycles. The molecule has 0 atom stereocenters. The van der Waals surface area contributed by atoms with E-state index in [1.165, 1.54) is 9.13 Å². The molecule has 35 heavy (non-hydrogen) atoms. The molecule has 2 aromatic heterocycles. The number of fused-ring (bicyclic) bond motifs is 1. The minimum Gasteiger partial charge on any atom is -0.497 e. The molecule has 0 saturated heterocycles. The third-order valence-electron chi connectivity index (χ3n) is 5.91. The van der Waals surface area contributed by atoms with E-state index in [9.17, 15) is 9.59 Å². The maximum absolute atomic E-state index is 13.7. The van der Waals surface area contributed by atoms with E-state index in [2.05, 4.69) is 4.98 Å². The summed E-state index contributed by atoms with van der Waals surface area (Å²) in [5.74, 6) is 1.35. The van der Waals surface area contributed by atoms with Gasteiger partial charge in [-0.3, -0.25) is 9.36 Å². The summed E-state index contributed by atoms with van der Waals surface area (Å²) >= 11 is 0. The van der Waals surface area contributed by atoms with Gasteiger partial charge in [0.05, 0.1) is 32.8 Å². The van der Waals surface area contributed by atoms with E-state index in [0.717, 1.165) is 16.9 Å². The van der Waals surface area contributed by atoms with Crippen LogP contribution in [0.15, 0.2) is 94.8 Å². The van der Waals surface area contributed by atoms with Crippen LogP contribution in [0.1, 0.15) is 11.1 Å². The lowest BCUT2D eigenvalue weighted by molar-refractivity contribution is 0.414. The third kappa shape index (κ3) is 4.21. The average molecular weight is 469 g/mol. The Kier molecular flexibility index (Phi) is 5.93. The number of hydrogen-bond donors (Lipinski definition) is 0. The fourth-order valence-corrected chi connectivity index (χ4v) is 4.12. The van der Waals surface area contributed by atoms with E-state index in [-0.39, 0.29) is 12.1 Å². The third-order valence-corrected chi connectivity index (χ3v) is 5.91. The van der Waals surface area contributed by atoms with Crippen molar-refractivity contribution >= 4 is 11.2 Å². The number of ether oxygens (including phenoxy) is 2. The van der Waals surface area contributed by atoms with Crippen molar-refractivity contribution in [3.05, 3.63) is 117 Å². The molecular weight excluding hydrogens is 444 g/mol. The second-order valence-corrected chi connectivity index (χ2v) is 8.09. The Morgan fingerprint density at radius 2 is 1.49 bits per heavy atom. The Labute approximate surface area is 201 Å². The van der Waals surface area contributed by atoms with Gasteiger partial charge in [-0.15, -0.1) is 0 Å². The van der Waals surface area contributed by atoms with Gasteiger partial charge in [-0.05, 0) is 35.4 Å². The van der Waals surface area contributed by atoms with Gasteiger partial charge >= 0.3 is 5.69 Å². The maximum atomic E-state index is 13.7. The molecule has 5 aromatic rings. The summed E-state index contributed by atoms with van der Waals surface area (Å²) in [5.41, 5.74) is 2.18. The first-order chi connectivity index (χ1) is 17.1. The van der Waals surface area contributed by atoms with Crippen LogP contribution in [0.25, 0.3) is 16.9 Å². The van der Waals surface area contributed by atoms with Crippen LogP contribution in [-0.2, 0) is 13.1 Å². The van der Waals surface area contributed by atoms with Gasteiger partial charge in [-0.25, -0.2) is 14.3 Å². The van der Waals surface area contributed by atoms with Crippen molar-refractivity contribution in [3.8, 4) is 17.2 Å². The normalized spacial score (nSPS) is 11.0. The Hall–Kier alpha value is -4.59. The molecule has 0 unspecified atom stereocenters. The van der Waals surface area contributed by atoms with E-state index in [1.807, 2.05) is 54.6 Å². The lowest BCUT2D eigenvalue weighted by Gasteiger charge is -2.14. The average Bonchev–Trinajstić information content (AvgIpc) is 3.31. The number of rotatable bonds is 7. The van der Waals surface area contributed by atoms with Gasteiger partial charge < -0.3 is 14.0 Å². The zero-order valence-electron chi connectivity index (χ0n) is 19.4. The molecule has 0 aliphatic carbocycles. The minimum atomic E-state index is -0.464. The molecule has 0 aliphatic heterocycles. The van der Waals surface area contributed by atoms with Gasteiger partial charge in [0.25, 0.3) is 5.56 Å². The van der Waals surface area contributed by atoms with Crippen LogP contribution in [-0.4, -0.2) is 32.9 Å². The summed E-state index contributed by atoms with van der Waals surface area (Å²) < 4.78 is 15.1. The highest BCUT2D eigenvalue weighted by atomic mass is 16.5. The van der Waals surface area contributed by atoms with Crippen LogP contribution < -0.4 is 20.7 Å². The molecule has 0 aliphatic rings. The lowest BCUT2D eigenvalue weighted by atomic mass is 10.2. The van der Waals surface area contributed by atoms with Gasteiger partial charge in [-0.2, -0.15) is 0 Å². The van der Waals surface area contributed by atoms with Gasteiger partial charge in [0.15, 0.2) is 11.2 Å². The Bertz CT molecular complexity index is 1600. The van der Waals surface area contributed by atoms with Crippen LogP contribution in [0.2, 0.25) is 0 Å². The predicted octanol–water partition coefficient (Wildman–Crippen LogP) is 3.46. The second-order valence-electron chi connectivity index (χ2n) is 8.09. The van der Waals surface area contributed by atoms with Gasteiger partial charge in [-0.1, -0.05) is 48.5 Å². The number of methoxy groups -OCH3 is 2. The minimum absolute atomic E-state index is 0.145. The first kappa shape index (κ1) is 22.2. The van der Waals surface area contributed by atoms with E-state index in [4.69, 9.17) is 9.47 Å². The van der Waals surface area contributed by atoms with Crippen LogP contribution in [0.5, 0.6) is 11.5 Å². The molecule has 0 amide bonds. The van der Waals surface area contributed by atoms with Gasteiger partial charge in [0.2, 0.25) is 0 Å². The standard InChI is InChI=1S/C27H24N4O4/c1-34-22-13-11-20(12-14-22)16-29-18-28-25-24(29)26(32)30(17-19-7-4-3-5-8-19)27(33)31(25)21-9-6-10-23(15-21)35-2/h3-15,18H,16-17H2,1-2H3. The smallest absolute Gasteiger partial charge is 0.337 e. The van der Waals surface area contributed by atoms with Crippen molar-refractivity contribution < 1.29 is 9.47 Å². The second kappa shape index (κ2) is 9.34. The topological polar surface area (TPSA) is 80.3 Å². The van der Waals surface area contributed by atoms with Crippen molar-refractivity contribution in [1.29, 1.82) is 0 Å². The van der Waals surface area contributed by atoms with Crippen LogP contribution in [0.3, 0.4) is 0 Å². The fraction of sp³-hybridized carbons (Fsp3) is 0.148. The predicted molar refractivity (Wildman–Crippen MR) is 134 cm³/mol. The zero-order valence-corrected chi connectivity index (χ0v) is 19.4. The molecular formula is C27H24N4O4. The van der Waals surface area contributed by atoms with E-state index >= 15 is 0 Å². The first-order valence-electron chi connectivity index (χ1n) is 11.1. The fourth-order valence-electron chi connectivity index (χ4n) is 4.12.